The number of amides is 1. The lowest BCUT2D eigenvalue weighted by Crippen LogP contribution is -2.61. The van der Waals surface area contributed by atoms with Gasteiger partial charge >= 0.3 is 5.97 Å². The number of fused-ring (bicyclic) bond motifs is 1. The fourth-order valence-electron chi connectivity index (χ4n) is 10.3. The van der Waals surface area contributed by atoms with Gasteiger partial charge < -0.3 is 64.2 Å². The van der Waals surface area contributed by atoms with Crippen LogP contribution >= 0.6 is 0 Å². The van der Waals surface area contributed by atoms with Gasteiger partial charge in [0.15, 0.2) is 12.6 Å². The van der Waals surface area contributed by atoms with Crippen LogP contribution in [-0.2, 0) is 49.2 Å². The monoisotopic (exact) mass is 932 g/mol. The number of aromatic nitrogens is 1. The van der Waals surface area contributed by atoms with Crippen molar-refractivity contribution in [1.82, 2.24) is 15.2 Å². The van der Waals surface area contributed by atoms with Gasteiger partial charge in [-0.1, -0.05) is 39.0 Å². The Balaban J connectivity index is 1.49. The Kier molecular flexibility index (Phi) is 18.0. The van der Waals surface area contributed by atoms with Gasteiger partial charge in [-0.2, -0.15) is 0 Å². The molecule has 3 aliphatic heterocycles. The summed E-state index contributed by atoms with van der Waals surface area (Å²) in [5, 5.41) is 63.0. The van der Waals surface area contributed by atoms with Gasteiger partial charge in [0, 0.05) is 68.3 Å². The standard InChI is InChI=1S/C49H77N3O14/c1-26-24-47(7,59)44(66-46-40(55)35(52(10)11)23-27(2)62-46)29(4)41(65-38-25-48(8,61-12)43(57)31(6)63-38)30(5)45(58)64-36(49(9,60)42(56)28(3)39(26)54)20-22-51-37(53)18-17-32-19-21-50-34-16-14-13-15-33(32)34/h13-16,19,21,26-31,35-36,38,40-44,46,55-57,59-60H,17-18,20,22-25H2,1-12H3,(H,51,53)/t26-,27-,28+,29+,30-,31+,35+,36-,38+,40-,41+,42-,43+,44-,46-,47-,48-,49-/m1/s1. The van der Waals surface area contributed by atoms with Gasteiger partial charge in [0.2, 0.25) is 5.91 Å². The summed E-state index contributed by atoms with van der Waals surface area (Å²) in [5.41, 5.74) is -3.42. The number of aliphatic hydroxyl groups excluding tert-OH is 3. The van der Waals surface area contributed by atoms with Gasteiger partial charge in [-0.05, 0) is 92.6 Å². The molecule has 3 aliphatic rings. The van der Waals surface area contributed by atoms with Crippen molar-refractivity contribution in [2.45, 2.75) is 185 Å². The maximum Gasteiger partial charge on any atom is 0.311 e. The van der Waals surface area contributed by atoms with Gasteiger partial charge in [0.1, 0.15) is 29.7 Å². The first kappa shape index (κ1) is 53.8. The van der Waals surface area contributed by atoms with Crippen LogP contribution in [-0.4, -0.2) is 165 Å². The Morgan fingerprint density at radius 1 is 0.924 bits per heavy atom. The van der Waals surface area contributed by atoms with Crippen LogP contribution in [0.15, 0.2) is 36.5 Å². The molecular formula is C49H77N3O14. The highest BCUT2D eigenvalue weighted by Gasteiger charge is 2.53. The highest BCUT2D eigenvalue weighted by molar-refractivity contribution is 5.84. The molecule has 0 spiro atoms. The third kappa shape index (κ3) is 12.1. The highest BCUT2D eigenvalue weighted by atomic mass is 16.7. The summed E-state index contributed by atoms with van der Waals surface area (Å²) in [5.74, 6) is -5.87. The number of carbonyl (C=O) groups is 3. The van der Waals surface area contributed by atoms with E-state index >= 15 is 0 Å². The number of cyclic esters (lactones) is 1. The van der Waals surface area contributed by atoms with E-state index < -0.39 is 108 Å². The third-order valence-corrected chi connectivity index (χ3v) is 14.5. The van der Waals surface area contributed by atoms with Gasteiger partial charge in [-0.25, -0.2) is 0 Å². The third-order valence-electron chi connectivity index (χ3n) is 14.5. The van der Waals surface area contributed by atoms with E-state index in [1.54, 1.807) is 40.8 Å². The molecule has 18 atom stereocenters. The van der Waals surface area contributed by atoms with Crippen LogP contribution in [0.25, 0.3) is 10.9 Å². The number of rotatable bonds is 12. The number of hydrogen-bond donors (Lipinski definition) is 6. The summed E-state index contributed by atoms with van der Waals surface area (Å²) >= 11 is 0. The van der Waals surface area contributed by atoms with Crippen LogP contribution < -0.4 is 5.32 Å². The summed E-state index contributed by atoms with van der Waals surface area (Å²) in [4.78, 5) is 48.4. The van der Waals surface area contributed by atoms with Crippen molar-refractivity contribution in [3.8, 4) is 0 Å². The predicted molar refractivity (Wildman–Crippen MR) is 244 cm³/mol. The minimum atomic E-state index is -2.21. The molecule has 3 saturated heterocycles. The van der Waals surface area contributed by atoms with Crippen LogP contribution in [0.3, 0.4) is 0 Å². The number of ether oxygens (including phenoxy) is 6. The number of benzene rings is 1. The molecule has 2 aromatic rings. The topological polar surface area (TPSA) is 236 Å². The van der Waals surface area contributed by atoms with E-state index in [2.05, 4.69) is 10.3 Å². The number of aryl methyl sites for hydroxylation is 1. The quantitative estimate of drug-likeness (QED) is 0.168. The van der Waals surface area contributed by atoms with E-state index in [4.69, 9.17) is 28.4 Å². The lowest BCUT2D eigenvalue weighted by Gasteiger charge is -2.49. The lowest BCUT2D eigenvalue weighted by atomic mass is 9.74. The van der Waals surface area contributed by atoms with Crippen molar-refractivity contribution < 1.29 is 68.3 Å². The van der Waals surface area contributed by atoms with E-state index in [0.29, 0.717) is 12.8 Å². The largest absolute Gasteiger partial charge is 0.459 e. The van der Waals surface area contributed by atoms with Crippen molar-refractivity contribution >= 4 is 28.6 Å². The van der Waals surface area contributed by atoms with Gasteiger partial charge in [0.05, 0.1) is 53.2 Å². The minimum Gasteiger partial charge on any atom is -0.459 e. The normalized spacial score (nSPS) is 41.0. The Morgan fingerprint density at radius 2 is 1.61 bits per heavy atom. The van der Waals surface area contributed by atoms with E-state index in [1.807, 2.05) is 56.3 Å². The molecule has 17 nitrogen and oxygen atoms in total. The number of hydrogen-bond acceptors (Lipinski definition) is 16. The second kappa shape index (κ2) is 22.0. The molecule has 17 heteroatoms. The van der Waals surface area contributed by atoms with Gasteiger partial charge in [-0.15, -0.1) is 0 Å². The van der Waals surface area contributed by atoms with Gasteiger partial charge in [-0.3, -0.25) is 19.4 Å². The van der Waals surface area contributed by atoms with Crippen LogP contribution in [0.1, 0.15) is 100.0 Å². The number of carbonyl (C=O) groups excluding carboxylic acids is 3. The zero-order valence-electron chi connectivity index (χ0n) is 40.9. The molecule has 1 aromatic carbocycles. The average molecular weight is 932 g/mol. The number of esters is 1. The van der Waals surface area contributed by atoms with Crippen molar-refractivity contribution in [3.05, 3.63) is 42.1 Å². The fraction of sp³-hybridized carbons (Fsp3) is 0.755. The molecule has 5 rings (SSSR count). The Hall–Kier alpha value is -3.20. The van der Waals surface area contributed by atoms with Gasteiger partial charge in [0.25, 0.3) is 0 Å². The molecule has 3 fully saturated rings. The maximum atomic E-state index is 14.7. The summed E-state index contributed by atoms with van der Waals surface area (Å²) in [6.07, 6.45) is -8.78. The molecule has 6 N–H and O–H groups in total. The number of ketones is 1. The van der Waals surface area contributed by atoms with Crippen molar-refractivity contribution in [3.63, 3.8) is 0 Å². The zero-order valence-corrected chi connectivity index (χ0v) is 40.9. The summed E-state index contributed by atoms with van der Waals surface area (Å²) in [7, 11) is 5.14. The molecule has 1 aromatic heterocycles. The molecule has 0 unspecified atom stereocenters. The Bertz CT molecular complexity index is 1940. The molecule has 0 saturated carbocycles. The number of aliphatic hydroxyl groups is 5. The van der Waals surface area contributed by atoms with E-state index in [-0.39, 0.29) is 50.3 Å². The first-order chi connectivity index (χ1) is 30.8. The number of nitrogens with one attached hydrogen (secondary N) is 1. The minimum absolute atomic E-state index is 0.0401. The number of methoxy groups -OCH3 is 1. The smallest absolute Gasteiger partial charge is 0.311 e. The lowest BCUT2D eigenvalue weighted by molar-refractivity contribution is -0.318. The molecule has 0 radical (unpaired) electrons. The number of para-hydroxylation sites is 1. The molecular weight excluding hydrogens is 855 g/mol. The van der Waals surface area contributed by atoms with Crippen molar-refractivity contribution in [2.75, 3.05) is 27.7 Å². The van der Waals surface area contributed by atoms with Crippen molar-refractivity contribution in [1.29, 1.82) is 0 Å². The molecule has 4 heterocycles. The van der Waals surface area contributed by atoms with E-state index in [0.717, 1.165) is 16.5 Å². The summed E-state index contributed by atoms with van der Waals surface area (Å²) < 4.78 is 37.7. The number of Topliss-reactive ketones (excluding diaryl/α,β-unsaturated/α-hetero) is 1. The van der Waals surface area contributed by atoms with Crippen LogP contribution in [0.2, 0.25) is 0 Å². The highest BCUT2D eigenvalue weighted by Crippen LogP contribution is 2.41. The molecule has 0 bridgehead atoms. The van der Waals surface area contributed by atoms with Crippen LogP contribution in [0, 0.1) is 23.7 Å². The first-order valence-electron chi connectivity index (χ1n) is 23.5. The zero-order chi connectivity index (χ0) is 49.1. The Labute approximate surface area is 389 Å². The van der Waals surface area contributed by atoms with Crippen LogP contribution in [0.5, 0.6) is 0 Å². The first-order valence-corrected chi connectivity index (χ1v) is 23.5. The number of likely N-dealkylation sites (N-methyl/N-ethyl adjacent to an activating group) is 1. The number of nitrogens with zero attached hydrogens (tertiary/aromatic N) is 2. The second-order valence-electron chi connectivity index (χ2n) is 20.2. The SMILES string of the molecule is CO[C@]1(C)C[C@H](O[C@H]2[C@H](C)[C@@H](O[C@H]3O[C@H](C)C[C@H](N(C)C)[C@H]3O)[C@](C)(O)C[C@@H](C)C(=O)[C@H](C)[C@@H](O)[C@](C)(O)[C@@H](CCNC(=O)CCc3ccnc4ccccc34)OC(=O)[C@@H]2C)O[C@@H](C)[C@@H]1O. The van der Waals surface area contributed by atoms with E-state index in [9.17, 15) is 39.9 Å². The average Bonchev–Trinajstić information content (AvgIpc) is 3.26. The summed E-state index contributed by atoms with van der Waals surface area (Å²) in [6.45, 7) is 14.4. The molecule has 0 aliphatic carbocycles. The molecule has 1 amide bonds. The van der Waals surface area contributed by atoms with Crippen LogP contribution in [0.4, 0.5) is 0 Å². The number of pyridine rings is 1. The molecule has 372 valence electrons. The van der Waals surface area contributed by atoms with Crippen molar-refractivity contribution in [2.24, 2.45) is 23.7 Å². The Morgan fingerprint density at radius 3 is 2.27 bits per heavy atom. The maximum absolute atomic E-state index is 14.7. The predicted octanol–water partition coefficient (Wildman–Crippen LogP) is 3.06. The second-order valence-corrected chi connectivity index (χ2v) is 20.2. The summed E-state index contributed by atoms with van der Waals surface area (Å²) in [6, 6.07) is 9.16. The fourth-order valence-corrected chi connectivity index (χ4v) is 10.3. The molecule has 66 heavy (non-hydrogen) atoms. The van der Waals surface area contributed by atoms with E-state index in [1.165, 1.54) is 27.9 Å².